The van der Waals surface area contributed by atoms with Crippen LogP contribution in [0.1, 0.15) is 52.9 Å². The fourth-order valence-corrected chi connectivity index (χ4v) is 2.45. The molecule has 110 valence electrons. The molecule has 3 unspecified atom stereocenters. The number of ether oxygens (including phenoxy) is 2. The molecular weight excluding hydrogens is 240 g/mol. The van der Waals surface area contributed by atoms with Crippen LogP contribution in [-0.2, 0) is 14.3 Å². The highest BCUT2D eigenvalue weighted by Gasteiger charge is 2.30. The lowest BCUT2D eigenvalue weighted by Crippen LogP contribution is -2.36. The second kappa shape index (κ2) is 8.36. The minimum absolute atomic E-state index is 0.211. The van der Waals surface area contributed by atoms with E-state index >= 15 is 0 Å². The van der Waals surface area contributed by atoms with Gasteiger partial charge in [0.25, 0.3) is 0 Å². The molecule has 0 radical (unpaired) electrons. The van der Waals surface area contributed by atoms with Crippen LogP contribution in [0.5, 0.6) is 0 Å². The molecule has 1 aliphatic rings. The molecular formula is C16H28O3. The van der Waals surface area contributed by atoms with Gasteiger partial charge in [-0.1, -0.05) is 31.9 Å². The third-order valence-electron chi connectivity index (χ3n) is 4.02. The summed E-state index contributed by atoms with van der Waals surface area (Å²) in [4.78, 5) is 11.4. The number of hydrogen-bond donors (Lipinski definition) is 0. The Balaban J connectivity index is 2.33. The first-order valence-corrected chi connectivity index (χ1v) is 7.41. The molecule has 3 nitrogen and oxygen atoms in total. The van der Waals surface area contributed by atoms with E-state index in [4.69, 9.17) is 9.47 Å². The molecule has 0 aromatic carbocycles. The Labute approximate surface area is 117 Å². The van der Waals surface area contributed by atoms with E-state index in [0.717, 1.165) is 25.2 Å². The Morgan fingerprint density at radius 1 is 1.58 bits per heavy atom. The predicted octanol–water partition coefficient (Wildman–Crippen LogP) is 3.73. The van der Waals surface area contributed by atoms with Crippen LogP contribution in [0.2, 0.25) is 0 Å². The number of hydrogen-bond acceptors (Lipinski definition) is 3. The molecule has 0 aromatic heterocycles. The van der Waals surface area contributed by atoms with Gasteiger partial charge < -0.3 is 9.47 Å². The van der Waals surface area contributed by atoms with E-state index in [0.29, 0.717) is 12.5 Å². The number of allylic oxidation sites excluding steroid dienone is 2. The van der Waals surface area contributed by atoms with Gasteiger partial charge in [-0.3, -0.25) is 0 Å². The fraction of sp³-hybridized carbons (Fsp3) is 0.812. The molecule has 0 aromatic rings. The zero-order chi connectivity index (χ0) is 14.3. The molecule has 0 N–H and O–H groups in total. The van der Waals surface area contributed by atoms with Crippen molar-refractivity contribution in [2.75, 3.05) is 13.7 Å². The summed E-state index contributed by atoms with van der Waals surface area (Å²) in [6.45, 7) is 7.25. The summed E-state index contributed by atoms with van der Waals surface area (Å²) in [7, 11) is 1.57. The van der Waals surface area contributed by atoms with Crippen molar-refractivity contribution in [3.63, 3.8) is 0 Å². The molecule has 0 amide bonds. The number of carbonyl (C=O) groups excluding carboxylic acids is 1. The zero-order valence-corrected chi connectivity index (χ0v) is 12.8. The van der Waals surface area contributed by atoms with E-state index in [1.165, 1.54) is 18.4 Å². The first-order chi connectivity index (χ1) is 9.06. The van der Waals surface area contributed by atoms with Gasteiger partial charge in [0.1, 0.15) is 0 Å². The maximum atomic E-state index is 11.4. The SMILES string of the molecule is CCC(C)CCC=C(C)CC1COC(=O)C(OC)C1. The van der Waals surface area contributed by atoms with Crippen LogP contribution in [0.25, 0.3) is 0 Å². The molecule has 1 heterocycles. The Hall–Kier alpha value is -0.830. The molecule has 1 saturated heterocycles. The summed E-state index contributed by atoms with van der Waals surface area (Å²) in [5.41, 5.74) is 1.40. The van der Waals surface area contributed by atoms with Crippen molar-refractivity contribution in [1.82, 2.24) is 0 Å². The zero-order valence-electron chi connectivity index (χ0n) is 12.8. The van der Waals surface area contributed by atoms with Crippen LogP contribution in [0, 0.1) is 11.8 Å². The van der Waals surface area contributed by atoms with E-state index in [9.17, 15) is 4.79 Å². The standard InChI is InChI=1S/C16H28O3/c1-5-12(2)7-6-8-13(3)9-14-10-15(18-4)16(17)19-11-14/h8,12,14-15H,5-7,9-11H2,1-4H3. The van der Waals surface area contributed by atoms with Crippen molar-refractivity contribution in [3.05, 3.63) is 11.6 Å². The van der Waals surface area contributed by atoms with Crippen molar-refractivity contribution in [3.8, 4) is 0 Å². The highest BCUT2D eigenvalue weighted by atomic mass is 16.6. The monoisotopic (exact) mass is 268 g/mol. The van der Waals surface area contributed by atoms with Crippen LogP contribution in [0.15, 0.2) is 11.6 Å². The average Bonchev–Trinajstić information content (AvgIpc) is 2.40. The average molecular weight is 268 g/mol. The van der Waals surface area contributed by atoms with Crippen LogP contribution in [0.3, 0.4) is 0 Å². The van der Waals surface area contributed by atoms with Crippen molar-refractivity contribution < 1.29 is 14.3 Å². The summed E-state index contributed by atoms with van der Waals surface area (Å²) in [5.74, 6) is 0.997. The highest BCUT2D eigenvalue weighted by molar-refractivity contribution is 5.75. The highest BCUT2D eigenvalue weighted by Crippen LogP contribution is 2.24. The van der Waals surface area contributed by atoms with Gasteiger partial charge in [0, 0.05) is 7.11 Å². The lowest BCUT2D eigenvalue weighted by Gasteiger charge is -2.27. The topological polar surface area (TPSA) is 35.5 Å². The number of esters is 1. The van der Waals surface area contributed by atoms with E-state index in [2.05, 4.69) is 26.8 Å². The first-order valence-electron chi connectivity index (χ1n) is 7.41. The van der Waals surface area contributed by atoms with Crippen LogP contribution < -0.4 is 0 Å². The number of rotatable bonds is 7. The Morgan fingerprint density at radius 3 is 2.95 bits per heavy atom. The molecule has 0 bridgehead atoms. The minimum Gasteiger partial charge on any atom is -0.463 e. The molecule has 1 aliphatic heterocycles. The van der Waals surface area contributed by atoms with Crippen LogP contribution >= 0.6 is 0 Å². The Kier molecular flexibility index (Phi) is 7.14. The maximum absolute atomic E-state index is 11.4. The lowest BCUT2D eigenvalue weighted by molar-refractivity contribution is -0.165. The third kappa shape index (κ3) is 5.77. The Bertz CT molecular complexity index is 309. The van der Waals surface area contributed by atoms with Gasteiger partial charge in [-0.25, -0.2) is 4.79 Å². The van der Waals surface area contributed by atoms with Gasteiger partial charge >= 0.3 is 5.97 Å². The summed E-state index contributed by atoms with van der Waals surface area (Å²) in [6.07, 6.45) is 7.42. The molecule has 3 atom stereocenters. The second-order valence-electron chi connectivity index (χ2n) is 5.80. The smallest absolute Gasteiger partial charge is 0.335 e. The molecule has 1 rings (SSSR count). The summed E-state index contributed by atoms with van der Waals surface area (Å²) >= 11 is 0. The third-order valence-corrected chi connectivity index (χ3v) is 4.02. The normalized spacial score (nSPS) is 26.1. The molecule has 19 heavy (non-hydrogen) atoms. The molecule has 3 heteroatoms. The molecule has 0 aliphatic carbocycles. The van der Waals surface area contributed by atoms with E-state index in [-0.39, 0.29) is 12.1 Å². The summed E-state index contributed by atoms with van der Waals surface area (Å²) < 4.78 is 10.3. The van der Waals surface area contributed by atoms with Crippen LogP contribution in [-0.4, -0.2) is 25.8 Å². The van der Waals surface area contributed by atoms with Crippen molar-refractivity contribution in [1.29, 1.82) is 0 Å². The number of carbonyl (C=O) groups is 1. The maximum Gasteiger partial charge on any atom is 0.335 e. The van der Waals surface area contributed by atoms with Gasteiger partial charge in [-0.15, -0.1) is 0 Å². The first kappa shape index (κ1) is 16.2. The second-order valence-corrected chi connectivity index (χ2v) is 5.80. The quantitative estimate of drug-likeness (QED) is 0.521. The van der Waals surface area contributed by atoms with Crippen molar-refractivity contribution in [2.45, 2.75) is 59.0 Å². The van der Waals surface area contributed by atoms with Crippen molar-refractivity contribution in [2.24, 2.45) is 11.8 Å². The molecule has 0 spiro atoms. The van der Waals surface area contributed by atoms with Gasteiger partial charge in [0.2, 0.25) is 0 Å². The Morgan fingerprint density at radius 2 is 2.32 bits per heavy atom. The molecule has 1 fully saturated rings. The van der Waals surface area contributed by atoms with E-state index < -0.39 is 0 Å². The number of methoxy groups -OCH3 is 1. The van der Waals surface area contributed by atoms with Gasteiger partial charge in [0.15, 0.2) is 6.10 Å². The largest absolute Gasteiger partial charge is 0.463 e. The number of cyclic esters (lactones) is 1. The van der Waals surface area contributed by atoms with E-state index in [1.54, 1.807) is 7.11 Å². The summed E-state index contributed by atoms with van der Waals surface area (Å²) in [6, 6.07) is 0. The van der Waals surface area contributed by atoms with E-state index in [1.807, 2.05) is 0 Å². The minimum atomic E-state index is -0.369. The van der Waals surface area contributed by atoms with Crippen LogP contribution in [0.4, 0.5) is 0 Å². The lowest BCUT2D eigenvalue weighted by atomic mass is 9.92. The van der Waals surface area contributed by atoms with Crippen molar-refractivity contribution >= 4 is 5.97 Å². The fourth-order valence-electron chi connectivity index (χ4n) is 2.45. The van der Waals surface area contributed by atoms with Gasteiger partial charge in [-0.2, -0.15) is 0 Å². The predicted molar refractivity (Wildman–Crippen MR) is 76.9 cm³/mol. The van der Waals surface area contributed by atoms with Gasteiger partial charge in [0.05, 0.1) is 6.61 Å². The molecule has 0 saturated carbocycles. The van der Waals surface area contributed by atoms with Gasteiger partial charge in [-0.05, 0) is 44.4 Å². The summed E-state index contributed by atoms with van der Waals surface area (Å²) in [5, 5.41) is 0.